The minimum Gasteiger partial charge on any atom is -0.497 e. The van der Waals surface area contributed by atoms with Crippen molar-refractivity contribution in [3.05, 3.63) is 88.6 Å². The molecule has 6 rings (SSSR count). The molecule has 0 saturated carbocycles. The van der Waals surface area contributed by atoms with Crippen LogP contribution >= 0.6 is 0 Å². The fourth-order valence-corrected chi connectivity index (χ4v) is 5.07. The van der Waals surface area contributed by atoms with Crippen LogP contribution in [-0.4, -0.2) is 17.9 Å². The van der Waals surface area contributed by atoms with Gasteiger partial charge in [-0.05, 0) is 47.4 Å². The summed E-state index contributed by atoms with van der Waals surface area (Å²) in [6.07, 6.45) is 2.03. The SMILES string of the molecule is COc1ccc(C2c3c(nc4c(c3N)C(=O)CCC4)Oc3ccc4ccccc4c32)cc1. The van der Waals surface area contributed by atoms with Gasteiger partial charge in [0.1, 0.15) is 11.5 Å². The van der Waals surface area contributed by atoms with Crippen LogP contribution < -0.4 is 15.2 Å². The van der Waals surface area contributed by atoms with Crippen LogP contribution in [0.3, 0.4) is 0 Å². The Labute approximate surface area is 185 Å². The lowest BCUT2D eigenvalue weighted by Crippen LogP contribution is -2.22. The van der Waals surface area contributed by atoms with Gasteiger partial charge in [-0.1, -0.05) is 42.5 Å². The van der Waals surface area contributed by atoms with Crippen molar-refractivity contribution in [2.75, 3.05) is 12.8 Å². The summed E-state index contributed by atoms with van der Waals surface area (Å²) in [6.45, 7) is 0. The van der Waals surface area contributed by atoms with Crippen molar-refractivity contribution < 1.29 is 14.3 Å². The number of hydrogen-bond acceptors (Lipinski definition) is 5. The van der Waals surface area contributed by atoms with Crippen LogP contribution in [0.25, 0.3) is 10.8 Å². The number of anilines is 1. The van der Waals surface area contributed by atoms with E-state index in [9.17, 15) is 4.79 Å². The van der Waals surface area contributed by atoms with E-state index >= 15 is 0 Å². The Hall–Kier alpha value is -3.86. The number of aryl methyl sites for hydroxylation is 1. The Morgan fingerprint density at radius 3 is 2.62 bits per heavy atom. The first-order valence-electron chi connectivity index (χ1n) is 10.8. The van der Waals surface area contributed by atoms with Gasteiger partial charge in [0.25, 0.3) is 0 Å². The number of ether oxygens (including phenoxy) is 2. The second-order valence-corrected chi connectivity index (χ2v) is 8.35. The van der Waals surface area contributed by atoms with Gasteiger partial charge in [0.15, 0.2) is 5.78 Å². The normalized spacial score (nSPS) is 16.7. The lowest BCUT2D eigenvalue weighted by atomic mass is 9.78. The van der Waals surface area contributed by atoms with E-state index < -0.39 is 0 Å². The average molecular weight is 422 g/mol. The molecule has 0 fully saturated rings. The Morgan fingerprint density at radius 1 is 1.00 bits per heavy atom. The van der Waals surface area contributed by atoms with Crippen LogP contribution in [0.1, 0.15) is 51.5 Å². The monoisotopic (exact) mass is 422 g/mol. The van der Waals surface area contributed by atoms with Gasteiger partial charge in [-0.25, -0.2) is 4.98 Å². The standard InChI is InChI=1S/C27H22N2O3/c1-31-17-12-9-16(10-13-17)22-23-18-6-3-2-5-15(18)11-14-21(23)32-27-25(22)26(28)24-19(29-27)7-4-8-20(24)30/h2-3,5-6,9-14,22H,4,7-8H2,1H3,(H2,28,29). The van der Waals surface area contributed by atoms with Crippen LogP contribution in [0.5, 0.6) is 17.4 Å². The molecule has 0 spiro atoms. The number of carbonyl (C=O) groups is 1. The van der Waals surface area contributed by atoms with Crippen molar-refractivity contribution in [2.24, 2.45) is 0 Å². The van der Waals surface area contributed by atoms with Crippen LogP contribution in [0.2, 0.25) is 0 Å². The van der Waals surface area contributed by atoms with Gasteiger partial charge in [-0.15, -0.1) is 0 Å². The number of methoxy groups -OCH3 is 1. The number of pyridine rings is 1. The zero-order chi connectivity index (χ0) is 21.8. The molecule has 2 N–H and O–H groups in total. The maximum atomic E-state index is 12.8. The Morgan fingerprint density at radius 2 is 1.81 bits per heavy atom. The Balaban J connectivity index is 1.68. The fraction of sp³-hybridized carbons (Fsp3) is 0.185. The van der Waals surface area contributed by atoms with Crippen molar-refractivity contribution in [2.45, 2.75) is 25.2 Å². The number of Topliss-reactive ketones (excluding diaryl/α,β-unsaturated/α-hetero) is 1. The van der Waals surface area contributed by atoms with E-state index in [4.69, 9.17) is 20.2 Å². The highest BCUT2D eigenvalue weighted by Gasteiger charge is 2.36. The molecule has 158 valence electrons. The molecule has 0 saturated heterocycles. The molecule has 2 aliphatic rings. The molecule has 4 aromatic rings. The van der Waals surface area contributed by atoms with E-state index in [2.05, 4.69) is 18.2 Å². The van der Waals surface area contributed by atoms with Crippen LogP contribution in [0, 0.1) is 0 Å². The number of ketones is 1. The number of nitrogen functional groups attached to an aromatic ring is 1. The molecule has 1 aromatic heterocycles. The predicted molar refractivity (Wildman–Crippen MR) is 124 cm³/mol. The number of aromatic nitrogens is 1. The molecule has 1 aliphatic carbocycles. The number of fused-ring (bicyclic) bond motifs is 5. The third-order valence-electron chi connectivity index (χ3n) is 6.58. The van der Waals surface area contributed by atoms with Gasteiger partial charge in [-0.3, -0.25) is 4.79 Å². The van der Waals surface area contributed by atoms with Crippen molar-refractivity contribution >= 4 is 22.2 Å². The molecule has 1 unspecified atom stereocenters. The third kappa shape index (κ3) is 2.71. The molecule has 3 aromatic carbocycles. The molecule has 5 heteroatoms. The number of nitrogens with two attached hydrogens (primary N) is 1. The first-order chi connectivity index (χ1) is 15.7. The largest absolute Gasteiger partial charge is 0.497 e. The molecular formula is C27H22N2O3. The number of rotatable bonds is 2. The first kappa shape index (κ1) is 18.9. The molecule has 32 heavy (non-hydrogen) atoms. The lowest BCUT2D eigenvalue weighted by Gasteiger charge is -2.32. The molecule has 0 amide bonds. The molecule has 1 atom stereocenters. The van der Waals surface area contributed by atoms with Gasteiger partial charge < -0.3 is 15.2 Å². The summed E-state index contributed by atoms with van der Waals surface area (Å²) in [5.41, 5.74) is 11.4. The van der Waals surface area contributed by atoms with E-state index in [0.29, 0.717) is 23.6 Å². The maximum Gasteiger partial charge on any atom is 0.225 e. The van der Waals surface area contributed by atoms with E-state index in [1.54, 1.807) is 7.11 Å². The minimum atomic E-state index is -0.210. The fourth-order valence-electron chi connectivity index (χ4n) is 5.07. The quantitative estimate of drug-likeness (QED) is 0.399. The van der Waals surface area contributed by atoms with Crippen molar-refractivity contribution in [1.29, 1.82) is 0 Å². The number of benzene rings is 3. The van der Waals surface area contributed by atoms with Crippen molar-refractivity contribution in [1.82, 2.24) is 4.98 Å². The summed E-state index contributed by atoms with van der Waals surface area (Å²) >= 11 is 0. The maximum absolute atomic E-state index is 12.8. The second kappa shape index (κ2) is 7.09. The van der Waals surface area contributed by atoms with Gasteiger partial charge in [0, 0.05) is 17.9 Å². The van der Waals surface area contributed by atoms with Crippen molar-refractivity contribution in [3.8, 4) is 17.4 Å². The highest BCUT2D eigenvalue weighted by molar-refractivity contribution is 6.04. The zero-order valence-electron chi connectivity index (χ0n) is 17.7. The summed E-state index contributed by atoms with van der Waals surface area (Å²) in [5.74, 6) is 1.91. The Bertz CT molecular complexity index is 1390. The summed E-state index contributed by atoms with van der Waals surface area (Å²) in [4.78, 5) is 17.6. The van der Waals surface area contributed by atoms with E-state index in [0.717, 1.165) is 57.5 Å². The minimum absolute atomic E-state index is 0.0660. The van der Waals surface area contributed by atoms with E-state index in [-0.39, 0.29) is 11.7 Å². The Kier molecular flexibility index (Phi) is 4.18. The van der Waals surface area contributed by atoms with Gasteiger partial charge in [0.05, 0.1) is 29.6 Å². The highest BCUT2D eigenvalue weighted by Crippen LogP contribution is 2.52. The second-order valence-electron chi connectivity index (χ2n) is 8.35. The molecule has 5 nitrogen and oxygen atoms in total. The molecular weight excluding hydrogens is 400 g/mol. The number of nitrogens with zero attached hydrogens (tertiary/aromatic N) is 1. The lowest BCUT2D eigenvalue weighted by molar-refractivity contribution is 0.0972. The van der Waals surface area contributed by atoms with E-state index in [1.165, 1.54) is 0 Å². The van der Waals surface area contributed by atoms with E-state index in [1.807, 2.05) is 42.5 Å². The molecule has 1 aliphatic heterocycles. The topological polar surface area (TPSA) is 74.4 Å². The smallest absolute Gasteiger partial charge is 0.225 e. The van der Waals surface area contributed by atoms with Gasteiger partial charge >= 0.3 is 0 Å². The van der Waals surface area contributed by atoms with Crippen LogP contribution in [0.15, 0.2) is 60.7 Å². The summed E-state index contributed by atoms with van der Waals surface area (Å²) in [6, 6.07) is 20.3. The third-order valence-corrected chi connectivity index (χ3v) is 6.58. The molecule has 2 heterocycles. The first-order valence-corrected chi connectivity index (χ1v) is 10.8. The predicted octanol–water partition coefficient (Wildman–Crippen LogP) is 5.63. The number of carbonyl (C=O) groups excluding carboxylic acids is 1. The summed E-state index contributed by atoms with van der Waals surface area (Å²) in [5, 5.41) is 2.22. The van der Waals surface area contributed by atoms with Crippen LogP contribution in [0.4, 0.5) is 5.69 Å². The summed E-state index contributed by atoms with van der Waals surface area (Å²) < 4.78 is 11.7. The average Bonchev–Trinajstić information content (AvgIpc) is 2.82. The molecule has 0 radical (unpaired) electrons. The van der Waals surface area contributed by atoms with Gasteiger partial charge in [-0.2, -0.15) is 0 Å². The number of hydrogen-bond donors (Lipinski definition) is 1. The highest BCUT2D eigenvalue weighted by atomic mass is 16.5. The van der Waals surface area contributed by atoms with Crippen LogP contribution in [-0.2, 0) is 6.42 Å². The summed E-state index contributed by atoms with van der Waals surface area (Å²) in [7, 11) is 1.65. The van der Waals surface area contributed by atoms with Crippen molar-refractivity contribution in [3.63, 3.8) is 0 Å². The zero-order valence-corrected chi connectivity index (χ0v) is 17.7. The van der Waals surface area contributed by atoms with Gasteiger partial charge in [0.2, 0.25) is 5.88 Å². The molecule has 0 bridgehead atoms.